The zero-order valence-electron chi connectivity index (χ0n) is 9.02. The van der Waals surface area contributed by atoms with Gasteiger partial charge in [-0.25, -0.2) is 0 Å². The van der Waals surface area contributed by atoms with Gasteiger partial charge in [-0.1, -0.05) is 0 Å². The first kappa shape index (κ1) is 14.2. The largest absolute Gasteiger partial charge is 0.411 e. The van der Waals surface area contributed by atoms with Gasteiger partial charge < -0.3 is 4.74 Å². The minimum atomic E-state index is -4.24. The van der Waals surface area contributed by atoms with E-state index in [-0.39, 0.29) is 6.61 Å². The third kappa shape index (κ3) is 9.54. The zero-order chi connectivity index (χ0) is 11.9. The van der Waals surface area contributed by atoms with Gasteiger partial charge in [0.1, 0.15) is 6.61 Å². The van der Waals surface area contributed by atoms with Gasteiger partial charge in [-0.05, 0) is 33.1 Å². The predicted octanol–water partition coefficient (Wildman–Crippen LogP) is 3.29. The average molecular weight is 223 g/mol. The Morgan fingerprint density at radius 2 is 1.80 bits per heavy atom. The van der Waals surface area contributed by atoms with E-state index in [2.05, 4.69) is 10.8 Å². The first-order valence-corrected chi connectivity index (χ1v) is 4.83. The Labute approximate surface area is 88.0 Å². The number of hydrogen-bond donors (Lipinski definition) is 0. The minimum Gasteiger partial charge on any atom is -0.372 e. The molecule has 0 rings (SSSR count). The lowest BCUT2D eigenvalue weighted by atomic mass is 9.89. The van der Waals surface area contributed by atoms with Crippen LogP contribution >= 0.6 is 0 Å². The van der Waals surface area contributed by atoms with E-state index in [1.165, 1.54) is 0 Å². The highest BCUT2D eigenvalue weighted by atomic mass is 19.4. The normalized spacial score (nSPS) is 12.5. The third-order valence-electron chi connectivity index (χ3n) is 1.91. The summed E-state index contributed by atoms with van der Waals surface area (Å²) in [6.07, 6.45) is -2.30. The van der Waals surface area contributed by atoms with E-state index in [1.807, 2.05) is 13.8 Å². The van der Waals surface area contributed by atoms with Gasteiger partial charge in [0, 0.05) is 6.61 Å². The van der Waals surface area contributed by atoms with Crippen molar-refractivity contribution in [2.24, 2.45) is 5.41 Å². The lowest BCUT2D eigenvalue weighted by Crippen LogP contribution is -2.17. The van der Waals surface area contributed by atoms with Crippen LogP contribution in [0.3, 0.4) is 0 Å². The van der Waals surface area contributed by atoms with Gasteiger partial charge in [0.2, 0.25) is 0 Å². The number of halogens is 3. The van der Waals surface area contributed by atoms with Crippen LogP contribution in [-0.4, -0.2) is 19.4 Å². The maximum Gasteiger partial charge on any atom is 0.411 e. The number of unbranched alkanes of at least 4 members (excludes halogenated alkanes) is 1. The van der Waals surface area contributed by atoms with Crippen LogP contribution in [0.25, 0.3) is 0 Å². The zero-order valence-corrected chi connectivity index (χ0v) is 9.02. The van der Waals surface area contributed by atoms with Crippen molar-refractivity contribution in [3.8, 4) is 6.07 Å². The quantitative estimate of drug-likeness (QED) is 0.647. The summed E-state index contributed by atoms with van der Waals surface area (Å²) in [5, 5.41) is 8.67. The van der Waals surface area contributed by atoms with E-state index in [0.717, 1.165) is 0 Å². The Hall–Kier alpha value is -0.760. The van der Waals surface area contributed by atoms with Crippen LogP contribution in [-0.2, 0) is 4.74 Å². The van der Waals surface area contributed by atoms with Crippen molar-refractivity contribution in [1.82, 2.24) is 0 Å². The van der Waals surface area contributed by atoms with Crippen molar-refractivity contribution >= 4 is 0 Å². The van der Waals surface area contributed by atoms with E-state index in [1.54, 1.807) is 0 Å². The van der Waals surface area contributed by atoms with Gasteiger partial charge in [0.25, 0.3) is 0 Å². The van der Waals surface area contributed by atoms with Crippen LogP contribution in [0, 0.1) is 16.7 Å². The Bertz CT molecular complexity index is 218. The van der Waals surface area contributed by atoms with Gasteiger partial charge in [-0.3, -0.25) is 0 Å². The van der Waals surface area contributed by atoms with Crippen molar-refractivity contribution in [2.75, 3.05) is 13.2 Å². The van der Waals surface area contributed by atoms with Gasteiger partial charge in [-0.15, -0.1) is 0 Å². The SMILES string of the molecule is CC(C)(C#N)CCCCOCC(F)(F)F. The van der Waals surface area contributed by atoms with Crippen LogP contribution < -0.4 is 0 Å². The van der Waals surface area contributed by atoms with Crippen molar-refractivity contribution in [1.29, 1.82) is 5.26 Å². The molecule has 88 valence electrons. The number of nitrogens with zero attached hydrogens (tertiary/aromatic N) is 1. The van der Waals surface area contributed by atoms with Crippen molar-refractivity contribution in [3.05, 3.63) is 0 Å². The molecule has 0 aromatic carbocycles. The van der Waals surface area contributed by atoms with Crippen molar-refractivity contribution < 1.29 is 17.9 Å². The second-order valence-electron chi connectivity index (χ2n) is 4.12. The molecule has 0 aliphatic rings. The fourth-order valence-electron chi connectivity index (χ4n) is 1.01. The van der Waals surface area contributed by atoms with Crippen molar-refractivity contribution in [2.45, 2.75) is 39.3 Å². The first-order chi connectivity index (χ1) is 6.77. The van der Waals surface area contributed by atoms with Gasteiger partial charge in [-0.2, -0.15) is 18.4 Å². The highest BCUT2D eigenvalue weighted by Crippen LogP contribution is 2.21. The standard InChI is InChI=1S/C10H16F3NO/c1-9(2,7-14)5-3-4-6-15-8-10(11,12)13/h3-6,8H2,1-2H3. The van der Waals surface area contributed by atoms with Gasteiger partial charge in [0.15, 0.2) is 0 Å². The molecule has 0 atom stereocenters. The van der Waals surface area contributed by atoms with Crippen LogP contribution in [0.1, 0.15) is 33.1 Å². The molecule has 2 nitrogen and oxygen atoms in total. The number of hydrogen-bond acceptors (Lipinski definition) is 2. The van der Waals surface area contributed by atoms with Crippen LogP contribution in [0.2, 0.25) is 0 Å². The molecule has 0 aromatic rings. The molecular formula is C10H16F3NO. The average Bonchev–Trinajstić information content (AvgIpc) is 2.09. The van der Waals surface area contributed by atoms with E-state index < -0.39 is 18.2 Å². The molecule has 0 aromatic heterocycles. The molecular weight excluding hydrogens is 207 g/mol. The molecule has 0 heterocycles. The lowest BCUT2D eigenvalue weighted by Gasteiger charge is -2.14. The number of rotatable bonds is 6. The molecule has 5 heteroatoms. The molecule has 0 amide bonds. The topological polar surface area (TPSA) is 33.0 Å². The Kier molecular flexibility index (Phi) is 5.66. The molecule has 0 aliphatic heterocycles. The Morgan fingerprint density at radius 3 is 2.27 bits per heavy atom. The highest BCUT2D eigenvalue weighted by molar-refractivity contribution is 4.91. The fraction of sp³-hybridized carbons (Fsp3) is 0.900. The fourth-order valence-corrected chi connectivity index (χ4v) is 1.01. The molecule has 0 N–H and O–H groups in total. The number of nitriles is 1. The van der Waals surface area contributed by atoms with E-state index in [4.69, 9.17) is 5.26 Å². The molecule has 0 saturated carbocycles. The molecule has 0 bridgehead atoms. The molecule has 0 saturated heterocycles. The summed E-state index contributed by atoms with van der Waals surface area (Å²) in [6, 6.07) is 2.14. The maximum absolute atomic E-state index is 11.6. The third-order valence-corrected chi connectivity index (χ3v) is 1.91. The van der Waals surface area contributed by atoms with E-state index >= 15 is 0 Å². The molecule has 0 unspecified atom stereocenters. The summed E-state index contributed by atoms with van der Waals surface area (Å²) in [5.74, 6) is 0. The van der Waals surface area contributed by atoms with Crippen LogP contribution in [0.5, 0.6) is 0 Å². The number of alkyl halides is 3. The second-order valence-corrected chi connectivity index (χ2v) is 4.12. The summed E-state index contributed by atoms with van der Waals surface area (Å²) in [6.45, 7) is 2.53. The molecule has 0 spiro atoms. The molecule has 15 heavy (non-hydrogen) atoms. The van der Waals surface area contributed by atoms with E-state index in [0.29, 0.717) is 19.3 Å². The molecule has 0 fully saturated rings. The van der Waals surface area contributed by atoms with Crippen LogP contribution in [0.15, 0.2) is 0 Å². The maximum atomic E-state index is 11.6. The summed E-state index contributed by atoms with van der Waals surface area (Å²) in [4.78, 5) is 0. The highest BCUT2D eigenvalue weighted by Gasteiger charge is 2.27. The summed E-state index contributed by atoms with van der Waals surface area (Å²) < 4.78 is 39.4. The van der Waals surface area contributed by atoms with Gasteiger partial charge in [0.05, 0.1) is 11.5 Å². The second kappa shape index (κ2) is 5.96. The first-order valence-electron chi connectivity index (χ1n) is 4.83. The van der Waals surface area contributed by atoms with Crippen LogP contribution in [0.4, 0.5) is 13.2 Å². The monoisotopic (exact) mass is 223 g/mol. The van der Waals surface area contributed by atoms with E-state index in [9.17, 15) is 13.2 Å². The minimum absolute atomic E-state index is 0.0982. The Morgan fingerprint density at radius 1 is 1.20 bits per heavy atom. The predicted molar refractivity (Wildman–Crippen MR) is 50.1 cm³/mol. The summed E-state index contributed by atoms with van der Waals surface area (Å²) in [5.41, 5.74) is -0.399. The Balaban J connectivity index is 3.38. The summed E-state index contributed by atoms with van der Waals surface area (Å²) >= 11 is 0. The summed E-state index contributed by atoms with van der Waals surface area (Å²) in [7, 11) is 0. The van der Waals surface area contributed by atoms with Gasteiger partial charge >= 0.3 is 6.18 Å². The molecule has 0 aliphatic carbocycles. The van der Waals surface area contributed by atoms with Crippen molar-refractivity contribution in [3.63, 3.8) is 0 Å². The smallest absolute Gasteiger partial charge is 0.372 e. The number of ether oxygens (including phenoxy) is 1. The molecule has 0 radical (unpaired) electrons. The lowest BCUT2D eigenvalue weighted by molar-refractivity contribution is -0.174.